The Kier molecular flexibility index (Phi) is 10.1. The molecule has 0 fully saturated rings. The lowest BCUT2D eigenvalue weighted by atomic mass is 9.76. The minimum absolute atomic E-state index is 0.0922. The van der Waals surface area contributed by atoms with Gasteiger partial charge in [-0.05, 0) is 112 Å². The van der Waals surface area contributed by atoms with Crippen molar-refractivity contribution in [2.24, 2.45) is 17.6 Å². The Morgan fingerprint density at radius 2 is 1.48 bits per heavy atom. The Morgan fingerprint density at radius 3 is 2.25 bits per heavy atom. The van der Waals surface area contributed by atoms with Crippen molar-refractivity contribution >= 4 is 39.1 Å². The van der Waals surface area contributed by atoms with Crippen molar-refractivity contribution in [2.75, 3.05) is 11.5 Å². The van der Waals surface area contributed by atoms with Crippen molar-refractivity contribution in [3.8, 4) is 0 Å². The Bertz CT molecular complexity index is 1970. The topological polar surface area (TPSA) is 90.1 Å². The normalized spacial score (nSPS) is 20.5. The van der Waals surface area contributed by atoms with Crippen LogP contribution >= 0.6 is 0 Å². The van der Waals surface area contributed by atoms with Gasteiger partial charge in [-0.15, -0.1) is 0 Å². The second kappa shape index (κ2) is 15.0. The van der Waals surface area contributed by atoms with Gasteiger partial charge in [-0.3, -0.25) is 0 Å². The third-order valence-corrected chi connectivity index (χ3v) is 9.28. The smallest absolute Gasteiger partial charge is 0.0488 e. The first-order chi connectivity index (χ1) is 23.5. The van der Waals surface area contributed by atoms with E-state index in [0.717, 1.165) is 52.2 Å². The zero-order valence-corrected chi connectivity index (χ0v) is 27.9. The molecule has 1 aliphatic heterocycles. The van der Waals surface area contributed by atoms with E-state index in [-0.39, 0.29) is 6.04 Å². The molecule has 0 saturated heterocycles. The van der Waals surface area contributed by atoms with E-state index in [1.165, 1.54) is 28.3 Å². The first kappa shape index (κ1) is 32.5. The Morgan fingerprint density at radius 1 is 0.792 bits per heavy atom. The van der Waals surface area contributed by atoms with E-state index < -0.39 is 0 Å². The van der Waals surface area contributed by atoms with Gasteiger partial charge >= 0.3 is 0 Å². The number of nitrogen functional groups attached to an aromatic ring is 2. The van der Waals surface area contributed by atoms with Crippen molar-refractivity contribution in [1.29, 1.82) is 0 Å². The number of rotatable bonds is 7. The maximum absolute atomic E-state index is 6.70. The van der Waals surface area contributed by atoms with E-state index in [1.54, 1.807) is 0 Å². The molecule has 242 valence electrons. The van der Waals surface area contributed by atoms with Crippen molar-refractivity contribution < 1.29 is 0 Å². The van der Waals surface area contributed by atoms with Gasteiger partial charge in [-0.25, -0.2) is 0 Å². The van der Waals surface area contributed by atoms with E-state index in [2.05, 4.69) is 115 Å². The number of hydrogen-bond donors (Lipinski definition) is 4. The van der Waals surface area contributed by atoms with Crippen molar-refractivity contribution in [3.05, 3.63) is 174 Å². The molecule has 0 saturated carbocycles. The fraction of sp³-hybridized carbons (Fsp3) is 0.182. The van der Waals surface area contributed by atoms with Crippen LogP contribution in [0, 0.1) is 11.8 Å². The van der Waals surface area contributed by atoms with E-state index in [0.29, 0.717) is 17.5 Å². The molecule has 0 radical (unpaired) electrons. The number of fused-ring (bicyclic) bond motifs is 2. The average Bonchev–Trinajstić information content (AvgIpc) is 3.14. The van der Waals surface area contributed by atoms with Crippen LogP contribution < -0.4 is 22.5 Å². The van der Waals surface area contributed by atoms with Gasteiger partial charge in [0.05, 0.1) is 0 Å². The second-order valence-corrected chi connectivity index (χ2v) is 12.5. The standard InChI is InChI=1S/C42H40N4.C2H6/c43-38-18-13-30(14-19-38)41(45)26-36(34-11-9-28-5-1-3-7-32(28)23-34)17-22-40-25-37(27-42(46-40)31-15-20-39(44)21-16-31)35-12-10-29-6-2-4-8-33(29)24-35;1-2/h1-9,11,13-21,23-27,29,33,40,46H,10,12,22,43-45H2;1-2H3/b36-17+,41-26-;. The van der Waals surface area contributed by atoms with E-state index in [4.69, 9.17) is 17.2 Å². The molecule has 0 spiro atoms. The molecule has 2 aliphatic carbocycles. The van der Waals surface area contributed by atoms with Gasteiger partial charge in [0, 0.05) is 34.7 Å². The molecule has 4 aromatic carbocycles. The molecular weight excluding hydrogens is 585 g/mol. The summed E-state index contributed by atoms with van der Waals surface area (Å²) in [5.41, 5.74) is 29.0. The Balaban J connectivity index is 0.00000197. The van der Waals surface area contributed by atoms with Gasteiger partial charge < -0.3 is 22.5 Å². The minimum Gasteiger partial charge on any atom is -0.399 e. The highest BCUT2D eigenvalue weighted by molar-refractivity contribution is 5.90. The fourth-order valence-corrected chi connectivity index (χ4v) is 6.69. The van der Waals surface area contributed by atoms with Crippen LogP contribution in [0.15, 0.2) is 157 Å². The number of allylic oxidation sites excluding steroid dienone is 10. The molecule has 7 N–H and O–H groups in total. The monoisotopic (exact) mass is 630 g/mol. The lowest BCUT2D eigenvalue weighted by molar-refractivity contribution is 0.482. The van der Waals surface area contributed by atoms with Gasteiger partial charge in [0.2, 0.25) is 0 Å². The van der Waals surface area contributed by atoms with Crippen LogP contribution in [-0.4, -0.2) is 6.04 Å². The van der Waals surface area contributed by atoms with Crippen LogP contribution in [0.5, 0.6) is 0 Å². The van der Waals surface area contributed by atoms with Gasteiger partial charge in [0.1, 0.15) is 0 Å². The molecule has 4 nitrogen and oxygen atoms in total. The van der Waals surface area contributed by atoms with Crippen molar-refractivity contribution in [2.45, 2.75) is 39.2 Å². The molecule has 3 aliphatic rings. The van der Waals surface area contributed by atoms with Gasteiger partial charge in [0.25, 0.3) is 0 Å². The summed E-state index contributed by atoms with van der Waals surface area (Å²) < 4.78 is 0. The third kappa shape index (κ3) is 7.56. The highest BCUT2D eigenvalue weighted by Crippen LogP contribution is 2.38. The molecule has 1 heterocycles. The molecule has 0 aromatic heterocycles. The minimum atomic E-state index is 0.0922. The SMILES string of the molecule is CC.N/C(=C\C(=C/CC1C=C(C2=CC3C=CC=CC3CC2)C=C(c2ccc(N)cc2)N1)c1ccc2ccccc2c1)c1ccc(N)cc1. The number of dihydropyridines is 1. The summed E-state index contributed by atoms with van der Waals surface area (Å²) in [7, 11) is 0. The van der Waals surface area contributed by atoms with Crippen molar-refractivity contribution in [3.63, 3.8) is 0 Å². The van der Waals surface area contributed by atoms with Crippen LogP contribution in [-0.2, 0) is 0 Å². The molecule has 3 unspecified atom stereocenters. The number of anilines is 2. The highest BCUT2D eigenvalue weighted by atomic mass is 14.9. The molecule has 0 bridgehead atoms. The van der Waals surface area contributed by atoms with Gasteiger partial charge in [-0.1, -0.05) is 117 Å². The summed E-state index contributed by atoms with van der Waals surface area (Å²) >= 11 is 0. The van der Waals surface area contributed by atoms with E-state index in [9.17, 15) is 0 Å². The third-order valence-electron chi connectivity index (χ3n) is 9.28. The van der Waals surface area contributed by atoms with Crippen molar-refractivity contribution in [1.82, 2.24) is 5.32 Å². The lowest BCUT2D eigenvalue weighted by Gasteiger charge is -2.31. The summed E-state index contributed by atoms with van der Waals surface area (Å²) in [6.07, 6.45) is 23.7. The molecule has 0 amide bonds. The zero-order valence-electron chi connectivity index (χ0n) is 27.9. The van der Waals surface area contributed by atoms with Crippen LogP contribution in [0.1, 0.15) is 49.8 Å². The fourth-order valence-electron chi connectivity index (χ4n) is 6.69. The molecule has 3 atom stereocenters. The summed E-state index contributed by atoms with van der Waals surface area (Å²) in [6, 6.07) is 31.0. The molecular formula is C44H46N4. The zero-order chi connectivity index (χ0) is 33.5. The molecule has 48 heavy (non-hydrogen) atoms. The predicted octanol–water partition coefficient (Wildman–Crippen LogP) is 9.82. The van der Waals surface area contributed by atoms with Crippen LogP contribution in [0.2, 0.25) is 0 Å². The highest BCUT2D eigenvalue weighted by Gasteiger charge is 2.25. The van der Waals surface area contributed by atoms with Gasteiger partial charge in [0.15, 0.2) is 0 Å². The number of nitrogens with one attached hydrogen (secondary N) is 1. The summed E-state index contributed by atoms with van der Waals surface area (Å²) in [5.74, 6) is 1.05. The summed E-state index contributed by atoms with van der Waals surface area (Å²) in [6.45, 7) is 4.00. The van der Waals surface area contributed by atoms with Crippen LogP contribution in [0.3, 0.4) is 0 Å². The lowest BCUT2D eigenvalue weighted by Crippen LogP contribution is -2.29. The first-order valence-electron chi connectivity index (χ1n) is 17.1. The Hall–Kier alpha value is -5.48. The molecule has 4 aromatic rings. The largest absolute Gasteiger partial charge is 0.399 e. The van der Waals surface area contributed by atoms with Crippen LogP contribution in [0.4, 0.5) is 11.4 Å². The molecule has 4 heteroatoms. The average molecular weight is 631 g/mol. The van der Waals surface area contributed by atoms with E-state index >= 15 is 0 Å². The number of hydrogen-bond acceptors (Lipinski definition) is 4. The maximum Gasteiger partial charge on any atom is 0.0488 e. The number of nitrogens with two attached hydrogens (primary N) is 3. The summed E-state index contributed by atoms with van der Waals surface area (Å²) in [5, 5.41) is 6.24. The predicted molar refractivity (Wildman–Crippen MR) is 207 cm³/mol. The molecule has 7 rings (SSSR count). The maximum atomic E-state index is 6.70. The Labute approximate surface area is 285 Å². The van der Waals surface area contributed by atoms with Gasteiger partial charge in [-0.2, -0.15) is 0 Å². The first-order valence-corrected chi connectivity index (χ1v) is 17.1. The van der Waals surface area contributed by atoms with E-state index in [1.807, 2.05) is 50.2 Å². The quantitative estimate of drug-likeness (QED) is 0.121. The summed E-state index contributed by atoms with van der Waals surface area (Å²) in [4.78, 5) is 0. The number of benzene rings is 4. The second-order valence-electron chi connectivity index (χ2n) is 12.5. The van der Waals surface area contributed by atoms with Crippen LogP contribution in [0.25, 0.3) is 27.7 Å².